The lowest BCUT2D eigenvalue weighted by atomic mass is 9.82. The third kappa shape index (κ3) is 3.39. The van der Waals surface area contributed by atoms with Crippen LogP contribution in [0.25, 0.3) is 0 Å². The fourth-order valence-electron chi connectivity index (χ4n) is 3.06. The molecule has 1 aliphatic rings. The Morgan fingerprint density at radius 3 is 1.38 bits per heavy atom. The van der Waals surface area contributed by atoms with Crippen molar-refractivity contribution >= 4 is 23.5 Å². The predicted octanol–water partition coefficient (Wildman–Crippen LogP) is 2.50. The van der Waals surface area contributed by atoms with Crippen LogP contribution in [0, 0.1) is 0 Å². The number of carboxylic acids is 2. The number of hydrogen-bond donors (Lipinski definition) is 2. The highest BCUT2D eigenvalue weighted by Crippen LogP contribution is 2.29. The average Bonchev–Trinajstić information content (AvgIpc) is 2.62. The van der Waals surface area contributed by atoms with Gasteiger partial charge in [0.1, 0.15) is 0 Å². The van der Waals surface area contributed by atoms with Gasteiger partial charge in [-0.2, -0.15) is 0 Å². The fraction of sp³-hybridized carbons (Fsp3) is 0.200. The average molecular weight is 352 g/mol. The van der Waals surface area contributed by atoms with E-state index in [4.69, 9.17) is 10.2 Å². The zero-order valence-electron chi connectivity index (χ0n) is 13.8. The lowest BCUT2D eigenvalue weighted by Gasteiger charge is -2.19. The molecule has 0 amide bonds. The van der Waals surface area contributed by atoms with Gasteiger partial charge in [0, 0.05) is 35.1 Å². The molecule has 2 aromatic carbocycles. The van der Waals surface area contributed by atoms with Gasteiger partial charge < -0.3 is 10.2 Å². The van der Waals surface area contributed by atoms with Gasteiger partial charge in [-0.25, -0.2) is 0 Å². The first-order valence-corrected chi connectivity index (χ1v) is 8.15. The highest BCUT2D eigenvalue weighted by molar-refractivity contribution is 6.28. The second-order valence-electron chi connectivity index (χ2n) is 6.21. The monoisotopic (exact) mass is 352 g/mol. The van der Waals surface area contributed by atoms with E-state index in [9.17, 15) is 19.2 Å². The van der Waals surface area contributed by atoms with Crippen LogP contribution in [0.5, 0.6) is 0 Å². The minimum Gasteiger partial charge on any atom is -0.481 e. The highest BCUT2D eigenvalue weighted by Gasteiger charge is 2.30. The number of aryl methyl sites for hydroxylation is 2. The SMILES string of the molecule is O=C(O)CCc1ccc2c(c1)C(=O)c1ccc(CCC(=O)O)cc1C2=O. The zero-order valence-corrected chi connectivity index (χ0v) is 13.8. The van der Waals surface area contributed by atoms with Gasteiger partial charge in [0.05, 0.1) is 0 Å². The van der Waals surface area contributed by atoms with Gasteiger partial charge in [-0.1, -0.05) is 24.3 Å². The predicted molar refractivity (Wildman–Crippen MR) is 91.7 cm³/mol. The molecule has 0 aliphatic heterocycles. The zero-order chi connectivity index (χ0) is 18.8. The minimum absolute atomic E-state index is 0.0511. The van der Waals surface area contributed by atoms with Crippen LogP contribution in [-0.4, -0.2) is 33.7 Å². The molecule has 0 aromatic heterocycles. The molecule has 0 atom stereocenters. The number of aliphatic carboxylic acids is 2. The van der Waals surface area contributed by atoms with E-state index in [1.807, 2.05) is 0 Å². The highest BCUT2D eigenvalue weighted by atomic mass is 16.4. The molecule has 0 radical (unpaired) electrons. The number of carboxylic acid groups (broad SMARTS) is 2. The molecule has 2 N–H and O–H groups in total. The van der Waals surface area contributed by atoms with Crippen LogP contribution < -0.4 is 0 Å². The van der Waals surface area contributed by atoms with E-state index in [0.717, 1.165) is 0 Å². The number of benzene rings is 2. The maximum absolute atomic E-state index is 12.8. The molecular weight excluding hydrogens is 336 g/mol. The first-order chi connectivity index (χ1) is 12.4. The number of rotatable bonds is 6. The molecule has 0 bridgehead atoms. The lowest BCUT2D eigenvalue weighted by molar-refractivity contribution is -0.138. The van der Waals surface area contributed by atoms with Crippen molar-refractivity contribution in [1.82, 2.24) is 0 Å². The number of ketones is 2. The number of hydrogen-bond acceptors (Lipinski definition) is 4. The Labute approximate surface area is 149 Å². The molecule has 0 saturated heterocycles. The van der Waals surface area contributed by atoms with Crippen molar-refractivity contribution in [2.75, 3.05) is 0 Å². The summed E-state index contributed by atoms with van der Waals surface area (Å²) in [4.78, 5) is 46.9. The van der Waals surface area contributed by atoms with Crippen LogP contribution in [0.3, 0.4) is 0 Å². The Kier molecular flexibility index (Phi) is 4.67. The Bertz CT molecular complexity index is 864. The van der Waals surface area contributed by atoms with Gasteiger partial charge in [0.25, 0.3) is 0 Å². The van der Waals surface area contributed by atoms with Crippen molar-refractivity contribution < 1.29 is 29.4 Å². The maximum Gasteiger partial charge on any atom is 0.303 e. The fourth-order valence-corrected chi connectivity index (χ4v) is 3.06. The molecule has 26 heavy (non-hydrogen) atoms. The van der Waals surface area contributed by atoms with Gasteiger partial charge in [0.15, 0.2) is 11.6 Å². The van der Waals surface area contributed by atoms with E-state index >= 15 is 0 Å². The van der Waals surface area contributed by atoms with Crippen molar-refractivity contribution in [1.29, 1.82) is 0 Å². The van der Waals surface area contributed by atoms with Crippen molar-refractivity contribution in [3.8, 4) is 0 Å². The van der Waals surface area contributed by atoms with Crippen molar-refractivity contribution in [2.24, 2.45) is 0 Å². The molecule has 0 heterocycles. The molecule has 6 nitrogen and oxygen atoms in total. The lowest BCUT2D eigenvalue weighted by Crippen LogP contribution is -2.21. The summed E-state index contributed by atoms with van der Waals surface area (Å²) in [6, 6.07) is 9.59. The van der Waals surface area contributed by atoms with E-state index < -0.39 is 11.9 Å². The molecule has 0 unspecified atom stereocenters. The topological polar surface area (TPSA) is 109 Å². The van der Waals surface area contributed by atoms with Crippen molar-refractivity contribution in [3.05, 3.63) is 69.8 Å². The standard InChI is InChI=1S/C20H16O6/c21-17(22)7-3-11-1-5-13-15(9-11)20(26)14-6-2-12(4-8-18(23)24)10-16(14)19(13)25/h1-2,5-6,9-10H,3-4,7-8H2,(H,21,22)(H,23,24). The van der Waals surface area contributed by atoms with Crippen LogP contribution in [0.4, 0.5) is 0 Å². The molecule has 3 rings (SSSR count). The van der Waals surface area contributed by atoms with Gasteiger partial charge in [-0.3, -0.25) is 19.2 Å². The largest absolute Gasteiger partial charge is 0.481 e. The molecule has 6 heteroatoms. The maximum atomic E-state index is 12.8. The molecule has 0 spiro atoms. The summed E-state index contributed by atoms with van der Waals surface area (Å²) in [5.41, 5.74) is 2.52. The first-order valence-electron chi connectivity index (χ1n) is 8.15. The molecule has 132 valence electrons. The Morgan fingerprint density at radius 1 is 0.654 bits per heavy atom. The van der Waals surface area contributed by atoms with Gasteiger partial charge in [-0.15, -0.1) is 0 Å². The quantitative estimate of drug-likeness (QED) is 0.705. The van der Waals surface area contributed by atoms with Crippen LogP contribution in [0.1, 0.15) is 55.8 Å². The summed E-state index contributed by atoms with van der Waals surface area (Å²) in [5.74, 6) is -2.41. The summed E-state index contributed by atoms with van der Waals surface area (Å²) in [7, 11) is 0. The van der Waals surface area contributed by atoms with Gasteiger partial charge >= 0.3 is 11.9 Å². The van der Waals surface area contributed by atoms with Crippen molar-refractivity contribution in [3.63, 3.8) is 0 Å². The minimum atomic E-state index is -0.927. The van der Waals surface area contributed by atoms with E-state index in [-0.39, 0.29) is 59.5 Å². The van der Waals surface area contributed by atoms with Crippen LogP contribution >= 0.6 is 0 Å². The van der Waals surface area contributed by atoms with Gasteiger partial charge in [-0.05, 0) is 36.1 Å². The Balaban J connectivity index is 1.94. The second-order valence-corrected chi connectivity index (χ2v) is 6.21. The Hall–Kier alpha value is -3.28. The number of carbonyl (C=O) groups is 4. The second kappa shape index (κ2) is 6.92. The van der Waals surface area contributed by atoms with E-state index in [1.165, 1.54) is 0 Å². The van der Waals surface area contributed by atoms with Crippen LogP contribution in [0.15, 0.2) is 36.4 Å². The van der Waals surface area contributed by atoms with Gasteiger partial charge in [0.2, 0.25) is 0 Å². The number of carbonyl (C=O) groups excluding carboxylic acids is 2. The summed E-state index contributed by atoms with van der Waals surface area (Å²) in [6.07, 6.45) is 0.463. The summed E-state index contributed by atoms with van der Waals surface area (Å²) >= 11 is 0. The smallest absolute Gasteiger partial charge is 0.303 e. The molecule has 0 fully saturated rings. The third-order valence-electron chi connectivity index (χ3n) is 4.40. The van der Waals surface area contributed by atoms with Crippen LogP contribution in [-0.2, 0) is 22.4 Å². The van der Waals surface area contributed by atoms with E-state index in [1.54, 1.807) is 36.4 Å². The first kappa shape index (κ1) is 17.5. The van der Waals surface area contributed by atoms with E-state index in [2.05, 4.69) is 0 Å². The normalized spacial score (nSPS) is 12.5. The van der Waals surface area contributed by atoms with Crippen molar-refractivity contribution in [2.45, 2.75) is 25.7 Å². The summed E-state index contributed by atoms with van der Waals surface area (Å²) < 4.78 is 0. The van der Waals surface area contributed by atoms with Crippen LogP contribution in [0.2, 0.25) is 0 Å². The Morgan fingerprint density at radius 2 is 1.04 bits per heavy atom. The van der Waals surface area contributed by atoms with E-state index in [0.29, 0.717) is 11.1 Å². The summed E-state index contributed by atoms with van der Waals surface area (Å²) in [6.45, 7) is 0. The molecule has 1 aliphatic carbocycles. The number of fused-ring (bicyclic) bond motifs is 2. The summed E-state index contributed by atoms with van der Waals surface area (Å²) in [5, 5.41) is 17.6. The molecule has 0 saturated carbocycles. The molecular formula is C20H16O6. The molecule has 2 aromatic rings. The third-order valence-corrected chi connectivity index (χ3v) is 4.40.